The highest BCUT2D eigenvalue weighted by Gasteiger charge is 2.24. The van der Waals surface area contributed by atoms with Gasteiger partial charge in [-0.2, -0.15) is 5.10 Å². The molecular weight excluding hydrogens is 234 g/mol. The molecule has 1 aliphatic heterocycles. The van der Waals surface area contributed by atoms with Crippen LogP contribution < -0.4 is 5.73 Å². The lowest BCUT2D eigenvalue weighted by Crippen LogP contribution is -2.26. The molecule has 1 aliphatic rings. The number of rotatable bonds is 4. The summed E-state index contributed by atoms with van der Waals surface area (Å²) in [6.45, 7) is 3.84. The van der Waals surface area contributed by atoms with Crippen LogP contribution >= 0.6 is 11.8 Å². The van der Waals surface area contributed by atoms with Gasteiger partial charge in [0, 0.05) is 48.6 Å². The first-order valence-electron chi connectivity index (χ1n) is 6.14. The molecule has 0 spiro atoms. The molecule has 2 atom stereocenters. The van der Waals surface area contributed by atoms with E-state index in [0.717, 1.165) is 26.1 Å². The van der Waals surface area contributed by atoms with Crippen molar-refractivity contribution in [2.75, 3.05) is 13.2 Å². The second-order valence-corrected chi connectivity index (χ2v) is 6.12. The minimum absolute atomic E-state index is 0.145. The van der Waals surface area contributed by atoms with E-state index in [0.29, 0.717) is 10.5 Å². The van der Waals surface area contributed by atoms with E-state index in [9.17, 15) is 0 Å². The number of aryl methyl sites for hydroxylation is 1. The van der Waals surface area contributed by atoms with E-state index in [1.807, 2.05) is 29.7 Å². The van der Waals surface area contributed by atoms with Crippen LogP contribution in [0.4, 0.5) is 0 Å². The Morgan fingerprint density at radius 2 is 2.24 bits per heavy atom. The van der Waals surface area contributed by atoms with Gasteiger partial charge in [-0.05, 0) is 19.8 Å². The number of hydrogen-bond acceptors (Lipinski definition) is 4. The molecule has 96 valence electrons. The molecule has 17 heavy (non-hydrogen) atoms. The molecule has 1 saturated heterocycles. The molecule has 0 radical (unpaired) electrons. The third kappa shape index (κ3) is 3.47. The minimum atomic E-state index is 0.145. The van der Waals surface area contributed by atoms with Crippen molar-refractivity contribution in [3.8, 4) is 0 Å². The highest BCUT2D eigenvalue weighted by Crippen LogP contribution is 2.37. The third-order valence-corrected chi connectivity index (χ3v) is 4.89. The van der Waals surface area contributed by atoms with E-state index in [2.05, 4.69) is 18.2 Å². The lowest BCUT2D eigenvalue weighted by atomic mass is 10.1. The molecule has 4 nitrogen and oxygen atoms in total. The zero-order valence-electron chi connectivity index (χ0n) is 10.5. The number of ether oxygens (including phenoxy) is 1. The molecule has 0 saturated carbocycles. The summed E-state index contributed by atoms with van der Waals surface area (Å²) in [5, 5.41) is 5.24. The van der Waals surface area contributed by atoms with Gasteiger partial charge in [0.05, 0.1) is 6.20 Å². The van der Waals surface area contributed by atoms with Crippen molar-refractivity contribution in [3.05, 3.63) is 18.0 Å². The number of thioether (sulfide) groups is 1. The molecule has 0 aromatic carbocycles. The molecule has 1 aromatic rings. The van der Waals surface area contributed by atoms with Gasteiger partial charge in [0.1, 0.15) is 0 Å². The fourth-order valence-corrected chi connectivity index (χ4v) is 3.52. The Bertz CT molecular complexity index is 347. The molecule has 0 aliphatic carbocycles. The van der Waals surface area contributed by atoms with Crippen LogP contribution in [0.3, 0.4) is 0 Å². The molecule has 0 bridgehead atoms. The van der Waals surface area contributed by atoms with E-state index in [-0.39, 0.29) is 6.04 Å². The van der Waals surface area contributed by atoms with Crippen LogP contribution in [0.5, 0.6) is 0 Å². The van der Waals surface area contributed by atoms with Crippen LogP contribution in [-0.2, 0) is 11.8 Å². The predicted octanol–water partition coefficient (Wildman–Crippen LogP) is 1.72. The van der Waals surface area contributed by atoms with Gasteiger partial charge >= 0.3 is 0 Å². The maximum atomic E-state index is 6.11. The lowest BCUT2D eigenvalue weighted by molar-refractivity contribution is 0.0999. The van der Waals surface area contributed by atoms with Crippen LogP contribution in [0.25, 0.3) is 0 Å². The van der Waals surface area contributed by atoms with E-state index >= 15 is 0 Å². The Morgan fingerprint density at radius 1 is 1.53 bits per heavy atom. The molecule has 2 N–H and O–H groups in total. The first-order valence-corrected chi connectivity index (χ1v) is 7.08. The van der Waals surface area contributed by atoms with Crippen molar-refractivity contribution in [3.63, 3.8) is 0 Å². The Kier molecular flexibility index (Phi) is 4.48. The van der Waals surface area contributed by atoms with Gasteiger partial charge in [0.15, 0.2) is 0 Å². The summed E-state index contributed by atoms with van der Waals surface area (Å²) < 4.78 is 7.23. The van der Waals surface area contributed by atoms with Gasteiger partial charge < -0.3 is 10.5 Å². The van der Waals surface area contributed by atoms with Crippen LogP contribution in [0, 0.1) is 0 Å². The molecule has 0 amide bonds. The van der Waals surface area contributed by atoms with Crippen molar-refractivity contribution in [2.45, 2.75) is 36.3 Å². The van der Waals surface area contributed by atoms with Gasteiger partial charge in [-0.15, -0.1) is 11.8 Å². The average Bonchev–Trinajstić information content (AvgIpc) is 2.73. The maximum absolute atomic E-state index is 6.11. The van der Waals surface area contributed by atoms with Crippen molar-refractivity contribution in [1.29, 1.82) is 0 Å². The Morgan fingerprint density at radius 3 is 2.76 bits per heavy atom. The van der Waals surface area contributed by atoms with Crippen molar-refractivity contribution in [1.82, 2.24) is 9.78 Å². The van der Waals surface area contributed by atoms with Gasteiger partial charge in [0.2, 0.25) is 0 Å². The largest absolute Gasteiger partial charge is 0.381 e. The number of aromatic nitrogens is 2. The number of nitrogens with zero attached hydrogens (tertiary/aromatic N) is 2. The normalized spacial score (nSPS) is 21.4. The van der Waals surface area contributed by atoms with Crippen LogP contribution in [0.15, 0.2) is 12.4 Å². The molecule has 5 heteroatoms. The highest BCUT2D eigenvalue weighted by atomic mass is 32.2. The van der Waals surface area contributed by atoms with Crippen LogP contribution in [0.1, 0.15) is 30.6 Å². The second-order valence-electron chi connectivity index (χ2n) is 4.67. The van der Waals surface area contributed by atoms with E-state index < -0.39 is 0 Å². The fraction of sp³-hybridized carbons (Fsp3) is 0.750. The summed E-state index contributed by atoms with van der Waals surface area (Å²) in [7, 11) is 1.95. The van der Waals surface area contributed by atoms with Crippen molar-refractivity contribution >= 4 is 11.8 Å². The molecular formula is C12H21N3OS. The summed E-state index contributed by atoms with van der Waals surface area (Å²) in [5.74, 6) is 0. The van der Waals surface area contributed by atoms with Gasteiger partial charge in [-0.3, -0.25) is 4.68 Å². The first kappa shape index (κ1) is 12.9. The van der Waals surface area contributed by atoms with Crippen LogP contribution in [-0.4, -0.2) is 34.3 Å². The summed E-state index contributed by atoms with van der Waals surface area (Å²) >= 11 is 1.98. The standard InChI is InChI=1S/C12H21N3OS/c1-9(13)12(10-7-14-15(2)8-10)17-11-3-5-16-6-4-11/h7-9,11-12H,3-6,13H2,1-2H3. The summed E-state index contributed by atoms with van der Waals surface area (Å²) in [4.78, 5) is 0. The lowest BCUT2D eigenvalue weighted by Gasteiger charge is -2.27. The first-order chi connectivity index (χ1) is 8.16. The smallest absolute Gasteiger partial charge is 0.0533 e. The average molecular weight is 255 g/mol. The molecule has 2 unspecified atom stereocenters. The summed E-state index contributed by atoms with van der Waals surface area (Å²) in [6, 6.07) is 0.145. The molecule has 1 fully saturated rings. The Hall–Kier alpha value is -0.520. The highest BCUT2D eigenvalue weighted by molar-refractivity contribution is 8.00. The quantitative estimate of drug-likeness (QED) is 0.890. The van der Waals surface area contributed by atoms with Crippen molar-refractivity contribution in [2.24, 2.45) is 12.8 Å². The zero-order valence-corrected chi connectivity index (χ0v) is 11.3. The topological polar surface area (TPSA) is 53.1 Å². The fourth-order valence-electron chi connectivity index (χ4n) is 2.11. The van der Waals surface area contributed by atoms with E-state index in [1.54, 1.807) is 0 Å². The molecule has 2 heterocycles. The SMILES string of the molecule is CC(N)C(SC1CCOCC1)c1cnn(C)c1. The Labute approximate surface area is 107 Å². The summed E-state index contributed by atoms with van der Waals surface area (Å²) in [6.07, 6.45) is 6.27. The molecule has 2 rings (SSSR count). The number of nitrogens with two attached hydrogens (primary N) is 1. The third-order valence-electron chi connectivity index (χ3n) is 3.04. The van der Waals surface area contributed by atoms with E-state index in [1.165, 1.54) is 5.56 Å². The van der Waals surface area contributed by atoms with Gasteiger partial charge in [-0.1, -0.05) is 0 Å². The zero-order chi connectivity index (χ0) is 12.3. The van der Waals surface area contributed by atoms with Gasteiger partial charge in [-0.25, -0.2) is 0 Å². The van der Waals surface area contributed by atoms with E-state index in [4.69, 9.17) is 10.5 Å². The van der Waals surface area contributed by atoms with Crippen LogP contribution in [0.2, 0.25) is 0 Å². The maximum Gasteiger partial charge on any atom is 0.0533 e. The Balaban J connectivity index is 2.01. The monoisotopic (exact) mass is 255 g/mol. The predicted molar refractivity (Wildman–Crippen MR) is 71.0 cm³/mol. The minimum Gasteiger partial charge on any atom is -0.381 e. The molecule has 1 aromatic heterocycles. The summed E-state index contributed by atoms with van der Waals surface area (Å²) in [5.41, 5.74) is 7.34. The second kappa shape index (κ2) is 5.89. The van der Waals surface area contributed by atoms with Gasteiger partial charge in [0.25, 0.3) is 0 Å². The number of hydrogen-bond donors (Lipinski definition) is 1. The van der Waals surface area contributed by atoms with Crippen molar-refractivity contribution < 1.29 is 4.74 Å².